The summed E-state index contributed by atoms with van der Waals surface area (Å²) >= 11 is 0. The molecule has 0 saturated heterocycles. The number of nitro benzene ring substituents is 1. The highest BCUT2D eigenvalue weighted by atomic mass is 19.1. The smallest absolute Gasteiger partial charge is 0.276 e. The highest BCUT2D eigenvalue weighted by Crippen LogP contribution is 2.19. The molecular formula is C15H11FN2O3. The van der Waals surface area contributed by atoms with Gasteiger partial charge in [-0.1, -0.05) is 12.1 Å². The first-order chi connectivity index (χ1) is 10.1. The van der Waals surface area contributed by atoms with Gasteiger partial charge in [0.25, 0.3) is 5.69 Å². The van der Waals surface area contributed by atoms with Gasteiger partial charge < -0.3 is 5.32 Å². The quantitative estimate of drug-likeness (QED) is 0.532. The number of para-hydroxylation sites is 1. The Labute approximate surface area is 119 Å². The fourth-order valence-corrected chi connectivity index (χ4v) is 1.68. The second-order valence-corrected chi connectivity index (χ2v) is 4.15. The molecule has 0 saturated carbocycles. The van der Waals surface area contributed by atoms with Gasteiger partial charge >= 0.3 is 0 Å². The lowest BCUT2D eigenvalue weighted by Gasteiger charge is -2.01. The van der Waals surface area contributed by atoms with Gasteiger partial charge in [0, 0.05) is 17.8 Å². The molecule has 2 aromatic rings. The number of benzene rings is 2. The van der Waals surface area contributed by atoms with Crippen LogP contribution in [0, 0.1) is 15.9 Å². The van der Waals surface area contributed by atoms with Crippen molar-refractivity contribution in [3.63, 3.8) is 0 Å². The fourth-order valence-electron chi connectivity index (χ4n) is 1.68. The maximum atomic E-state index is 12.7. The first-order valence-corrected chi connectivity index (χ1v) is 6.04. The van der Waals surface area contributed by atoms with Crippen molar-refractivity contribution in [1.82, 2.24) is 0 Å². The summed E-state index contributed by atoms with van der Waals surface area (Å²) in [7, 11) is 0. The lowest BCUT2D eigenvalue weighted by atomic mass is 10.1. The fraction of sp³-hybridized carbons (Fsp3) is 0. The predicted molar refractivity (Wildman–Crippen MR) is 77.2 cm³/mol. The van der Waals surface area contributed by atoms with E-state index in [0.29, 0.717) is 11.3 Å². The van der Waals surface area contributed by atoms with Crippen molar-refractivity contribution in [3.8, 4) is 0 Å². The molecule has 6 heteroatoms. The number of rotatable bonds is 4. The topological polar surface area (TPSA) is 72.2 Å². The summed E-state index contributed by atoms with van der Waals surface area (Å²) in [5, 5.41) is 13.4. The van der Waals surface area contributed by atoms with Crippen molar-refractivity contribution in [2.24, 2.45) is 0 Å². The van der Waals surface area contributed by atoms with Gasteiger partial charge in [-0.05, 0) is 36.4 Å². The second-order valence-electron chi connectivity index (χ2n) is 4.15. The largest absolute Gasteiger partial charge is 0.323 e. The van der Waals surface area contributed by atoms with Crippen molar-refractivity contribution < 1.29 is 14.1 Å². The molecule has 0 atom stereocenters. The molecule has 0 aliphatic rings. The minimum Gasteiger partial charge on any atom is -0.323 e. The van der Waals surface area contributed by atoms with Crippen molar-refractivity contribution in [1.29, 1.82) is 0 Å². The number of nitrogens with one attached hydrogen (secondary N) is 1. The average Bonchev–Trinajstić information content (AvgIpc) is 2.48. The van der Waals surface area contributed by atoms with Gasteiger partial charge in [-0.2, -0.15) is 0 Å². The predicted octanol–water partition coefficient (Wildman–Crippen LogP) is 3.39. The van der Waals surface area contributed by atoms with Gasteiger partial charge in [-0.15, -0.1) is 0 Å². The molecule has 0 fully saturated rings. The van der Waals surface area contributed by atoms with Gasteiger partial charge in [0.15, 0.2) is 0 Å². The summed E-state index contributed by atoms with van der Waals surface area (Å²) in [4.78, 5) is 22.0. The Morgan fingerprint density at radius 1 is 1.14 bits per heavy atom. The van der Waals surface area contributed by atoms with Gasteiger partial charge in [0.2, 0.25) is 5.91 Å². The number of amides is 1. The van der Waals surface area contributed by atoms with Crippen LogP contribution in [-0.2, 0) is 4.79 Å². The van der Waals surface area contributed by atoms with Crippen LogP contribution in [-0.4, -0.2) is 10.8 Å². The number of carbonyl (C=O) groups excluding carboxylic acids is 1. The number of anilines is 1. The molecule has 2 rings (SSSR count). The first-order valence-electron chi connectivity index (χ1n) is 6.04. The summed E-state index contributed by atoms with van der Waals surface area (Å²) in [6, 6.07) is 11.4. The number of carbonyl (C=O) groups is 1. The Morgan fingerprint density at radius 3 is 2.48 bits per heavy atom. The molecule has 0 unspecified atom stereocenters. The Morgan fingerprint density at radius 2 is 1.81 bits per heavy atom. The number of nitrogens with zero attached hydrogens (tertiary/aromatic N) is 1. The minimum atomic E-state index is -0.516. The Bertz CT molecular complexity index is 696. The zero-order chi connectivity index (χ0) is 15.2. The maximum Gasteiger partial charge on any atom is 0.276 e. The second kappa shape index (κ2) is 6.42. The van der Waals surface area contributed by atoms with Crippen molar-refractivity contribution in [3.05, 3.63) is 76.1 Å². The summed E-state index contributed by atoms with van der Waals surface area (Å²) in [6.07, 6.45) is 2.54. The van der Waals surface area contributed by atoms with Crippen molar-refractivity contribution >= 4 is 23.4 Å². The average molecular weight is 286 g/mol. The van der Waals surface area contributed by atoms with E-state index in [2.05, 4.69) is 5.32 Å². The molecule has 1 amide bonds. The van der Waals surface area contributed by atoms with Crippen LogP contribution in [0.15, 0.2) is 54.6 Å². The molecule has 0 heterocycles. The standard InChI is InChI=1S/C15H11FN2O3/c16-12-6-8-13(9-7-12)17-15(19)10-5-11-3-1-2-4-14(11)18(20)21/h1-10H,(H,17,19). The van der Waals surface area contributed by atoms with Crippen LogP contribution >= 0.6 is 0 Å². The third-order valence-corrected chi connectivity index (χ3v) is 2.66. The number of halogens is 1. The summed E-state index contributed by atoms with van der Waals surface area (Å²) < 4.78 is 12.7. The Hall–Kier alpha value is -3.02. The molecule has 21 heavy (non-hydrogen) atoms. The number of hydrogen-bond acceptors (Lipinski definition) is 3. The van der Waals surface area contributed by atoms with Gasteiger partial charge in [-0.3, -0.25) is 14.9 Å². The molecule has 1 N–H and O–H groups in total. The van der Waals surface area contributed by atoms with E-state index < -0.39 is 16.6 Å². The zero-order valence-corrected chi connectivity index (χ0v) is 10.8. The number of nitro groups is 1. The van der Waals surface area contributed by atoms with Crippen LogP contribution in [0.2, 0.25) is 0 Å². The molecule has 0 bridgehead atoms. The van der Waals surface area contributed by atoms with Crippen LogP contribution in [0.3, 0.4) is 0 Å². The molecular weight excluding hydrogens is 275 g/mol. The van der Waals surface area contributed by atoms with E-state index >= 15 is 0 Å². The van der Waals surface area contributed by atoms with Crippen LogP contribution in [0.5, 0.6) is 0 Å². The van der Waals surface area contributed by atoms with Crippen molar-refractivity contribution in [2.75, 3.05) is 5.32 Å². The van der Waals surface area contributed by atoms with E-state index in [4.69, 9.17) is 0 Å². The lowest BCUT2D eigenvalue weighted by molar-refractivity contribution is -0.385. The molecule has 5 nitrogen and oxygen atoms in total. The van der Waals surface area contributed by atoms with Gasteiger partial charge in [0.1, 0.15) is 5.82 Å². The van der Waals surface area contributed by atoms with E-state index in [9.17, 15) is 19.3 Å². The molecule has 106 valence electrons. The maximum absolute atomic E-state index is 12.7. The number of hydrogen-bond donors (Lipinski definition) is 1. The van der Waals surface area contributed by atoms with Gasteiger partial charge in [0.05, 0.1) is 10.5 Å². The highest BCUT2D eigenvalue weighted by Gasteiger charge is 2.09. The van der Waals surface area contributed by atoms with E-state index in [-0.39, 0.29) is 5.69 Å². The Kier molecular flexibility index (Phi) is 4.40. The summed E-state index contributed by atoms with van der Waals surface area (Å²) in [6.45, 7) is 0. The van der Waals surface area contributed by atoms with E-state index in [0.717, 1.165) is 0 Å². The normalized spacial score (nSPS) is 10.5. The van der Waals surface area contributed by atoms with Crippen LogP contribution in [0.1, 0.15) is 5.56 Å². The van der Waals surface area contributed by atoms with E-state index in [1.54, 1.807) is 18.2 Å². The minimum absolute atomic E-state index is 0.0802. The SMILES string of the molecule is O=C(C=Cc1ccccc1[N+](=O)[O-])Nc1ccc(F)cc1. The molecule has 0 radical (unpaired) electrons. The van der Waals surface area contributed by atoms with Crippen LogP contribution < -0.4 is 5.32 Å². The van der Waals surface area contributed by atoms with E-state index in [1.807, 2.05) is 0 Å². The Balaban J connectivity index is 2.09. The summed E-state index contributed by atoms with van der Waals surface area (Å²) in [5.74, 6) is -0.858. The van der Waals surface area contributed by atoms with E-state index in [1.165, 1.54) is 42.5 Å². The van der Waals surface area contributed by atoms with Crippen LogP contribution in [0.4, 0.5) is 15.8 Å². The molecule has 2 aromatic carbocycles. The summed E-state index contributed by atoms with van der Waals surface area (Å²) in [5.41, 5.74) is 0.689. The van der Waals surface area contributed by atoms with Crippen LogP contribution in [0.25, 0.3) is 6.08 Å². The highest BCUT2D eigenvalue weighted by molar-refractivity contribution is 6.02. The molecule has 0 aliphatic carbocycles. The lowest BCUT2D eigenvalue weighted by Crippen LogP contribution is -2.07. The molecule has 0 spiro atoms. The van der Waals surface area contributed by atoms with Crippen molar-refractivity contribution in [2.45, 2.75) is 0 Å². The third-order valence-electron chi connectivity index (χ3n) is 2.66. The zero-order valence-electron chi connectivity index (χ0n) is 10.8. The first kappa shape index (κ1) is 14.4. The molecule has 0 aliphatic heterocycles. The molecule has 0 aromatic heterocycles. The van der Waals surface area contributed by atoms with Gasteiger partial charge in [-0.25, -0.2) is 4.39 Å². The third kappa shape index (κ3) is 3.97. The monoisotopic (exact) mass is 286 g/mol.